The minimum atomic E-state index is -0.856. The number of carbonyl (C=O) groups is 3. The van der Waals surface area contributed by atoms with Gasteiger partial charge >= 0.3 is 5.97 Å². The van der Waals surface area contributed by atoms with Crippen molar-refractivity contribution in [1.82, 2.24) is 10.0 Å². The fourth-order valence-corrected chi connectivity index (χ4v) is 2.90. The molecular weight excluding hydrogens is 320 g/mol. The van der Waals surface area contributed by atoms with Gasteiger partial charge in [-0.25, -0.2) is 9.78 Å². The lowest BCUT2D eigenvalue weighted by Gasteiger charge is -2.13. The molecule has 6 heteroatoms. The van der Waals surface area contributed by atoms with E-state index in [1.165, 1.54) is 18.3 Å². The fourth-order valence-electron chi connectivity index (χ4n) is 2.90. The first-order chi connectivity index (χ1) is 12.1. The van der Waals surface area contributed by atoms with E-state index in [1.807, 2.05) is 13.0 Å². The van der Waals surface area contributed by atoms with Crippen LogP contribution in [0.1, 0.15) is 36.8 Å². The van der Waals surface area contributed by atoms with Gasteiger partial charge in [0, 0.05) is 11.6 Å². The molecule has 0 bridgehead atoms. The van der Waals surface area contributed by atoms with E-state index in [2.05, 4.69) is 4.98 Å². The molecule has 2 amide bonds. The molecule has 1 aromatic heterocycles. The van der Waals surface area contributed by atoms with Crippen LogP contribution in [0.5, 0.6) is 0 Å². The molecule has 0 saturated heterocycles. The van der Waals surface area contributed by atoms with E-state index in [-0.39, 0.29) is 16.8 Å². The number of hydroxylamine groups is 2. The van der Waals surface area contributed by atoms with Gasteiger partial charge in [-0.2, -0.15) is 0 Å². The smallest absolute Gasteiger partial charge is 0.322 e. The lowest BCUT2D eigenvalue weighted by molar-refractivity contribution is -0.0587. The summed E-state index contributed by atoms with van der Waals surface area (Å²) >= 11 is 0. The van der Waals surface area contributed by atoms with E-state index in [1.54, 1.807) is 30.3 Å². The number of benzene rings is 2. The summed E-state index contributed by atoms with van der Waals surface area (Å²) in [6.07, 6.45) is 1.49. The molecule has 2 heterocycles. The second-order valence-corrected chi connectivity index (χ2v) is 5.66. The van der Waals surface area contributed by atoms with E-state index in [4.69, 9.17) is 4.84 Å². The van der Waals surface area contributed by atoms with Gasteiger partial charge in [-0.15, -0.1) is 0 Å². The van der Waals surface area contributed by atoms with Crippen molar-refractivity contribution in [2.75, 3.05) is 0 Å². The third-order valence-electron chi connectivity index (χ3n) is 4.15. The van der Waals surface area contributed by atoms with Crippen molar-refractivity contribution in [3.05, 3.63) is 77.1 Å². The summed E-state index contributed by atoms with van der Waals surface area (Å²) in [6, 6.07) is 13.6. The van der Waals surface area contributed by atoms with E-state index >= 15 is 0 Å². The Morgan fingerprint density at radius 2 is 1.60 bits per heavy atom. The van der Waals surface area contributed by atoms with Crippen molar-refractivity contribution in [2.24, 2.45) is 0 Å². The number of amides is 2. The van der Waals surface area contributed by atoms with Gasteiger partial charge in [0.2, 0.25) is 0 Å². The Kier molecular flexibility index (Phi) is 3.32. The molecule has 0 atom stereocenters. The molecular formula is C19H12N2O4. The minimum absolute atomic E-state index is 0.0535. The number of hydrogen-bond donors (Lipinski definition) is 0. The summed E-state index contributed by atoms with van der Waals surface area (Å²) in [5.74, 6) is -2.18. The predicted octanol–water partition coefficient (Wildman–Crippen LogP) is 2.91. The Labute approximate surface area is 142 Å². The average molecular weight is 332 g/mol. The molecule has 0 spiro atoms. The second-order valence-electron chi connectivity index (χ2n) is 5.66. The molecule has 1 aliphatic heterocycles. The van der Waals surface area contributed by atoms with E-state index in [0.29, 0.717) is 10.4 Å². The predicted molar refractivity (Wildman–Crippen MR) is 88.8 cm³/mol. The van der Waals surface area contributed by atoms with Gasteiger partial charge in [0.1, 0.15) is 0 Å². The summed E-state index contributed by atoms with van der Waals surface area (Å²) in [5, 5.41) is 1.94. The first-order valence-electron chi connectivity index (χ1n) is 7.62. The number of nitrogens with zero attached hydrogens (tertiary/aromatic N) is 2. The summed E-state index contributed by atoms with van der Waals surface area (Å²) < 4.78 is 0. The van der Waals surface area contributed by atoms with Crippen LogP contribution < -0.4 is 0 Å². The lowest BCUT2D eigenvalue weighted by Crippen LogP contribution is -2.33. The van der Waals surface area contributed by atoms with Crippen molar-refractivity contribution < 1.29 is 19.2 Å². The highest BCUT2D eigenvalue weighted by Crippen LogP contribution is 2.25. The van der Waals surface area contributed by atoms with Crippen LogP contribution >= 0.6 is 0 Å². The monoisotopic (exact) mass is 332 g/mol. The highest BCUT2D eigenvalue weighted by molar-refractivity contribution is 6.21. The van der Waals surface area contributed by atoms with E-state index < -0.39 is 17.8 Å². The van der Waals surface area contributed by atoms with Crippen LogP contribution in [0.3, 0.4) is 0 Å². The van der Waals surface area contributed by atoms with Crippen molar-refractivity contribution in [3.8, 4) is 0 Å². The van der Waals surface area contributed by atoms with Crippen molar-refractivity contribution in [1.29, 1.82) is 0 Å². The Morgan fingerprint density at radius 1 is 0.920 bits per heavy atom. The third kappa shape index (κ3) is 2.27. The minimum Gasteiger partial charge on any atom is -0.322 e. The van der Waals surface area contributed by atoms with Crippen LogP contribution in [0.4, 0.5) is 0 Å². The molecule has 2 aromatic carbocycles. The maximum atomic E-state index is 12.5. The highest BCUT2D eigenvalue weighted by Gasteiger charge is 2.39. The Morgan fingerprint density at radius 3 is 2.28 bits per heavy atom. The maximum Gasteiger partial charge on any atom is 0.382 e. The molecule has 0 aliphatic carbocycles. The van der Waals surface area contributed by atoms with Gasteiger partial charge in [-0.1, -0.05) is 35.4 Å². The highest BCUT2D eigenvalue weighted by atomic mass is 16.7. The Balaban J connectivity index is 1.70. The maximum absolute atomic E-state index is 12.5. The van der Waals surface area contributed by atoms with Gasteiger partial charge in [0.25, 0.3) is 11.8 Å². The van der Waals surface area contributed by atoms with E-state index in [0.717, 1.165) is 10.9 Å². The third-order valence-corrected chi connectivity index (χ3v) is 4.15. The quantitative estimate of drug-likeness (QED) is 0.674. The zero-order valence-electron chi connectivity index (χ0n) is 13.2. The summed E-state index contributed by atoms with van der Waals surface area (Å²) in [5.41, 5.74) is 1.46. The van der Waals surface area contributed by atoms with Gasteiger partial charge in [0.05, 0.1) is 11.1 Å². The summed E-state index contributed by atoms with van der Waals surface area (Å²) in [7, 11) is 0. The van der Waals surface area contributed by atoms with Crippen molar-refractivity contribution in [2.45, 2.75) is 6.92 Å². The van der Waals surface area contributed by atoms with Gasteiger partial charge in [-0.3, -0.25) is 9.59 Å². The normalized spacial score (nSPS) is 13.2. The topological polar surface area (TPSA) is 76.6 Å². The SMILES string of the molecule is Cc1cccc2c(C(=O)ON3C(=O)c4ccccc4C3=O)nccc12. The number of aromatic nitrogens is 1. The Bertz CT molecular complexity index is 1020. The van der Waals surface area contributed by atoms with Gasteiger partial charge in [-0.05, 0) is 36.1 Å². The Hall–Kier alpha value is -3.54. The van der Waals surface area contributed by atoms with Gasteiger partial charge in [0.15, 0.2) is 5.69 Å². The fraction of sp³-hybridized carbons (Fsp3) is 0.0526. The van der Waals surface area contributed by atoms with Crippen LogP contribution in [-0.4, -0.2) is 27.8 Å². The molecule has 6 nitrogen and oxygen atoms in total. The molecule has 0 saturated carbocycles. The molecule has 3 aromatic rings. The average Bonchev–Trinajstić information content (AvgIpc) is 2.87. The lowest BCUT2D eigenvalue weighted by atomic mass is 10.1. The van der Waals surface area contributed by atoms with Crippen LogP contribution in [0.2, 0.25) is 0 Å². The number of rotatable bonds is 2. The molecule has 0 N–H and O–H groups in total. The molecule has 25 heavy (non-hydrogen) atoms. The number of imide groups is 1. The summed E-state index contributed by atoms with van der Waals surface area (Å²) in [6.45, 7) is 1.92. The van der Waals surface area contributed by atoms with E-state index in [9.17, 15) is 14.4 Å². The van der Waals surface area contributed by atoms with Crippen molar-refractivity contribution in [3.63, 3.8) is 0 Å². The molecule has 4 rings (SSSR count). The van der Waals surface area contributed by atoms with Crippen LogP contribution in [0, 0.1) is 6.92 Å². The summed E-state index contributed by atoms with van der Waals surface area (Å²) in [4.78, 5) is 46.3. The molecule has 122 valence electrons. The number of hydrogen-bond acceptors (Lipinski definition) is 5. The van der Waals surface area contributed by atoms with Crippen LogP contribution in [0.25, 0.3) is 10.8 Å². The number of aryl methyl sites for hydroxylation is 1. The second kappa shape index (κ2) is 5.52. The van der Waals surface area contributed by atoms with Crippen LogP contribution in [-0.2, 0) is 4.84 Å². The number of fused-ring (bicyclic) bond motifs is 2. The first-order valence-corrected chi connectivity index (χ1v) is 7.62. The standard InChI is InChI=1S/C19H12N2O4/c1-11-5-4-8-13-12(11)9-10-20-16(13)19(24)25-21-17(22)14-6-2-3-7-15(14)18(21)23/h2-10H,1H3. The largest absolute Gasteiger partial charge is 0.382 e. The van der Waals surface area contributed by atoms with Gasteiger partial charge < -0.3 is 4.84 Å². The molecule has 1 aliphatic rings. The van der Waals surface area contributed by atoms with Crippen LogP contribution in [0.15, 0.2) is 54.7 Å². The first kappa shape index (κ1) is 15.0. The zero-order chi connectivity index (χ0) is 17.6. The number of pyridine rings is 1. The zero-order valence-corrected chi connectivity index (χ0v) is 13.2. The molecule has 0 radical (unpaired) electrons. The van der Waals surface area contributed by atoms with Crippen molar-refractivity contribution >= 4 is 28.6 Å². The number of carbonyl (C=O) groups excluding carboxylic acids is 3. The molecule has 0 unspecified atom stereocenters. The molecule has 0 fully saturated rings.